The summed E-state index contributed by atoms with van der Waals surface area (Å²) in [6.45, 7) is 10.5. The molecule has 27 heteroatoms. The number of amides is 11. The highest BCUT2D eigenvalue weighted by Crippen LogP contribution is 2.36. The third kappa shape index (κ3) is 19.3. The lowest BCUT2D eigenvalue weighted by Gasteiger charge is -2.39. The number of benzene rings is 2. The first-order valence-electron chi connectivity index (χ1n) is 31.2. The average molecular weight is 1300 g/mol. The van der Waals surface area contributed by atoms with Crippen molar-refractivity contribution < 1.29 is 70.3 Å². The molecule has 91 heavy (non-hydrogen) atoms. The molecule has 22 nitrogen and oxygen atoms in total. The zero-order valence-electron chi connectivity index (χ0n) is 54.6. The van der Waals surface area contributed by atoms with Crippen LogP contribution in [0.5, 0.6) is 0 Å². The molecule has 0 aromatic heterocycles. The molecule has 1 aliphatic carbocycles. The van der Waals surface area contributed by atoms with E-state index >= 15 is 0 Å². The predicted octanol–water partition coefficient (Wildman–Crippen LogP) is 4.58. The van der Waals surface area contributed by atoms with Crippen molar-refractivity contribution in [3.63, 3.8) is 0 Å². The van der Waals surface area contributed by atoms with Crippen LogP contribution in [0.1, 0.15) is 129 Å². The maximum Gasteiger partial charge on any atom is 0.417 e. The number of rotatable bonds is 10. The Kier molecular flexibility index (Phi) is 26.4. The molecule has 0 bridgehead atoms. The fourth-order valence-corrected chi connectivity index (χ4v) is 12.4. The molecule has 3 aliphatic rings. The van der Waals surface area contributed by atoms with Gasteiger partial charge in [-0.05, 0) is 105 Å². The molecule has 11 amide bonds. The second-order valence-corrected chi connectivity index (χ2v) is 26.1. The van der Waals surface area contributed by atoms with E-state index in [1.807, 2.05) is 20.8 Å². The number of hydrogen-bond donors (Lipinski definition) is 4. The van der Waals surface area contributed by atoms with Crippen LogP contribution in [0, 0.1) is 23.6 Å². The van der Waals surface area contributed by atoms with Gasteiger partial charge < -0.3 is 55.6 Å². The van der Waals surface area contributed by atoms with E-state index in [0.717, 1.165) is 43.9 Å². The summed E-state index contributed by atoms with van der Waals surface area (Å²) in [5.74, 6) is -9.22. The molecule has 2 heterocycles. The van der Waals surface area contributed by atoms with Crippen molar-refractivity contribution in [1.29, 1.82) is 0 Å². The maximum absolute atomic E-state index is 15.0. The Morgan fingerprint density at radius 3 is 1.84 bits per heavy atom. The number of carbonyl (C=O) groups is 11. The quantitative estimate of drug-likeness (QED) is 0.240. The van der Waals surface area contributed by atoms with Crippen LogP contribution < -0.4 is 21.3 Å². The van der Waals surface area contributed by atoms with E-state index in [4.69, 9.17) is 11.6 Å². The predicted molar refractivity (Wildman–Crippen MR) is 331 cm³/mol. The topological polar surface area (TPSA) is 259 Å². The Morgan fingerprint density at radius 2 is 1.25 bits per heavy atom. The van der Waals surface area contributed by atoms with Crippen molar-refractivity contribution in [2.24, 2.45) is 17.8 Å². The Balaban J connectivity index is 1.56. The van der Waals surface area contributed by atoms with E-state index < -0.39 is 167 Å². The van der Waals surface area contributed by atoms with E-state index in [9.17, 15) is 70.3 Å². The minimum absolute atomic E-state index is 0.0199. The molecule has 3 fully saturated rings. The molecule has 1 spiro atoms. The summed E-state index contributed by atoms with van der Waals surface area (Å²) in [6.07, 6.45) is -3.13. The highest BCUT2D eigenvalue weighted by Gasteiger charge is 2.49. The van der Waals surface area contributed by atoms with E-state index in [2.05, 4.69) is 21.3 Å². The van der Waals surface area contributed by atoms with Crippen molar-refractivity contribution >= 4 is 76.6 Å². The number of nitrogens with zero attached hydrogens (tertiary/aromatic N) is 7. The van der Waals surface area contributed by atoms with Gasteiger partial charge in [0.25, 0.3) is 0 Å². The van der Waals surface area contributed by atoms with Crippen LogP contribution in [-0.2, 0) is 71.8 Å². The van der Waals surface area contributed by atoms with Crippen LogP contribution in [0.25, 0.3) is 0 Å². The van der Waals surface area contributed by atoms with Gasteiger partial charge >= 0.3 is 6.18 Å². The fraction of sp³-hybridized carbons (Fsp3) is 0.641. The third-order valence-corrected chi connectivity index (χ3v) is 18.0. The highest BCUT2D eigenvalue weighted by molar-refractivity contribution is 6.31. The van der Waals surface area contributed by atoms with Gasteiger partial charge in [-0.3, -0.25) is 52.7 Å². The van der Waals surface area contributed by atoms with Gasteiger partial charge in [-0.2, -0.15) is 13.2 Å². The zero-order valence-corrected chi connectivity index (χ0v) is 55.4. The number of nitrogens with one attached hydrogen (secondary N) is 4. The van der Waals surface area contributed by atoms with Crippen molar-refractivity contribution in [3.05, 3.63) is 70.0 Å². The van der Waals surface area contributed by atoms with Crippen LogP contribution in [0.15, 0.2) is 42.5 Å². The lowest BCUT2D eigenvalue weighted by molar-refractivity contribution is -0.149. The van der Waals surface area contributed by atoms with Gasteiger partial charge in [-0.15, -0.1) is 0 Å². The minimum atomic E-state index is -4.77. The van der Waals surface area contributed by atoms with Gasteiger partial charge in [0.2, 0.25) is 65.0 Å². The first-order valence-corrected chi connectivity index (χ1v) is 31.5. The molecular formula is C64H92ClF4N11O11. The summed E-state index contributed by atoms with van der Waals surface area (Å²) in [4.78, 5) is 167. The van der Waals surface area contributed by atoms with Gasteiger partial charge in [-0.1, -0.05) is 90.6 Å². The normalized spacial score (nSPS) is 24.9. The zero-order chi connectivity index (χ0) is 68.1. The first-order chi connectivity index (χ1) is 42.5. The largest absolute Gasteiger partial charge is 0.417 e. The minimum Gasteiger partial charge on any atom is -0.351 e. The average Bonchev–Trinajstić information content (AvgIpc) is 1.75. The highest BCUT2D eigenvalue weighted by atomic mass is 35.5. The van der Waals surface area contributed by atoms with Crippen LogP contribution in [-0.4, -0.2) is 216 Å². The van der Waals surface area contributed by atoms with Gasteiger partial charge in [0.05, 0.1) is 30.2 Å². The molecule has 1 unspecified atom stereocenters. The third-order valence-electron chi connectivity index (χ3n) is 17.7. The number of carbonyl (C=O) groups excluding carboxylic acids is 11. The van der Waals surface area contributed by atoms with Gasteiger partial charge in [0.15, 0.2) is 0 Å². The second-order valence-electron chi connectivity index (χ2n) is 25.7. The molecular weight excluding hydrogens is 1210 g/mol. The van der Waals surface area contributed by atoms with Crippen molar-refractivity contribution in [2.75, 3.05) is 68.5 Å². The SMILES string of the molecule is CC[C@H](C)[C@@H]1NC(=O)[C@H](CC(C)C)N(C)C(=O)C[C@@H](C)NC(=O)[C@H](C(C)C)N(C)C(=O)C2(CCCC2)NC(=O)C2CCCN2C(=O)[C@H](CCc2ccc(C(F)(F)F)c(Cl)c2)NC(=O)CN(C)C(=O)[C@H](Cc2ccc(F)cc2)N(C)C(=O)CN(C)C(=O)CN(C)C1=O. The molecule has 4 N–H and O–H groups in total. The van der Waals surface area contributed by atoms with E-state index in [1.165, 1.54) is 75.2 Å². The summed E-state index contributed by atoms with van der Waals surface area (Å²) >= 11 is 6.09. The molecule has 8 atom stereocenters. The molecule has 2 aromatic carbocycles. The number of halogens is 5. The van der Waals surface area contributed by atoms with Crippen LogP contribution >= 0.6 is 11.6 Å². The Hall–Kier alpha value is -7.38. The lowest BCUT2D eigenvalue weighted by Crippen LogP contribution is -2.64. The molecule has 0 radical (unpaired) electrons. The summed E-state index contributed by atoms with van der Waals surface area (Å²) in [6, 6.07) is -0.0593. The second kappa shape index (κ2) is 32.3. The molecule has 504 valence electrons. The van der Waals surface area contributed by atoms with Crippen LogP contribution in [0.3, 0.4) is 0 Å². The number of fused-ring (bicyclic) bond motifs is 1. The monoisotopic (exact) mass is 1300 g/mol. The van der Waals surface area contributed by atoms with Crippen molar-refractivity contribution in [2.45, 2.75) is 180 Å². The molecule has 1 saturated carbocycles. The summed E-state index contributed by atoms with van der Waals surface area (Å²) in [5, 5.41) is 10.8. The number of alkyl halides is 3. The summed E-state index contributed by atoms with van der Waals surface area (Å²) in [5.41, 5.74) is -1.94. The van der Waals surface area contributed by atoms with Gasteiger partial charge in [0, 0.05) is 67.7 Å². The summed E-state index contributed by atoms with van der Waals surface area (Å²) < 4.78 is 55.4. The number of likely N-dealkylation sites (N-methyl/N-ethyl adjacent to an activating group) is 6. The van der Waals surface area contributed by atoms with Crippen molar-refractivity contribution in [1.82, 2.24) is 55.6 Å². The Bertz CT molecular complexity index is 2980. The van der Waals surface area contributed by atoms with Crippen LogP contribution in [0.2, 0.25) is 5.02 Å². The van der Waals surface area contributed by atoms with Gasteiger partial charge in [-0.25, -0.2) is 4.39 Å². The van der Waals surface area contributed by atoms with E-state index in [-0.39, 0.29) is 69.4 Å². The first kappa shape index (κ1) is 74.3. The Labute approximate surface area is 536 Å². The maximum atomic E-state index is 15.0. The van der Waals surface area contributed by atoms with E-state index in [0.29, 0.717) is 31.2 Å². The van der Waals surface area contributed by atoms with Gasteiger partial charge in [0.1, 0.15) is 47.6 Å². The van der Waals surface area contributed by atoms with E-state index in [1.54, 1.807) is 27.7 Å². The molecule has 5 rings (SSSR count). The molecule has 2 aromatic rings. The summed E-state index contributed by atoms with van der Waals surface area (Å²) in [7, 11) is 8.15. The Morgan fingerprint density at radius 1 is 0.659 bits per heavy atom. The lowest BCUT2D eigenvalue weighted by atomic mass is 9.92. The fourth-order valence-electron chi connectivity index (χ4n) is 12.1. The standard InChI is InChI=1S/C64H92ClF4N11O11/c1-14-39(6)54-61(90)76(10)35-52(83)74(8)36-53(84)78(12)49(33-42-19-23-43(66)24-20-42)60(89)75(9)34-50(81)71-46(26-22-41-21-25-44(45(65)32-41)64(67,68)69)59(88)80-29-17-18-47(80)57(86)73-63(27-15-16-28-63)62(91)79(13)55(38(4)5)58(87)70-40(7)31-51(82)77(11)48(30-37(2)3)56(85)72-54/h19-21,23-25,32,37-40,46-49,54-55H,14-18,22,26-31,33-36H2,1-13H3,(H,70,87)(H,71,81)(H,72,85)(H,73,86)/t39-,40+,46-,47?,48-,49-,54-,55-/m0/s1. The van der Waals surface area contributed by atoms with Crippen molar-refractivity contribution in [3.8, 4) is 0 Å². The number of hydrogen-bond acceptors (Lipinski definition) is 11. The number of aryl methyl sites for hydroxylation is 1. The molecule has 2 saturated heterocycles. The smallest absolute Gasteiger partial charge is 0.351 e. The molecule has 2 aliphatic heterocycles. The van der Waals surface area contributed by atoms with Crippen LogP contribution in [0.4, 0.5) is 17.6 Å².